The highest BCUT2D eigenvalue weighted by molar-refractivity contribution is 5.76. The molecule has 4 nitrogen and oxygen atoms in total. The molecule has 0 saturated heterocycles. The van der Waals surface area contributed by atoms with Crippen LogP contribution in [0, 0.1) is 5.41 Å². The van der Waals surface area contributed by atoms with Gasteiger partial charge in [-0.15, -0.1) is 0 Å². The van der Waals surface area contributed by atoms with Crippen LogP contribution in [-0.4, -0.2) is 24.2 Å². The topological polar surface area (TPSA) is 78.3 Å². The van der Waals surface area contributed by atoms with Gasteiger partial charge in [-0.2, -0.15) is 0 Å². The second kappa shape index (κ2) is 4.28. The minimum absolute atomic E-state index is 0.355. The molecule has 1 atom stereocenters. The molecule has 14 heavy (non-hydrogen) atoms. The first-order chi connectivity index (χ1) is 6.10. The molecule has 0 spiro atoms. The number of rotatable bonds is 3. The smallest absolute Gasteiger partial charge is 0.324 e. The van der Waals surface area contributed by atoms with Crippen molar-refractivity contribution in [2.75, 3.05) is 6.54 Å². The highest BCUT2D eigenvalue weighted by atomic mass is 16.6. The molecule has 0 aromatic carbocycles. The van der Waals surface area contributed by atoms with Crippen LogP contribution in [-0.2, 0) is 9.53 Å². The molecular weight excluding hydrogens is 180 g/mol. The van der Waals surface area contributed by atoms with Gasteiger partial charge in [-0.05, 0) is 27.3 Å². The number of ether oxygens (including phenoxy) is 1. The molecule has 0 rings (SSSR count). The van der Waals surface area contributed by atoms with E-state index in [1.54, 1.807) is 0 Å². The molecule has 0 aromatic rings. The van der Waals surface area contributed by atoms with Crippen molar-refractivity contribution in [2.45, 2.75) is 46.3 Å². The number of hydrogen-bond donors (Lipinski definition) is 2. The van der Waals surface area contributed by atoms with E-state index in [1.807, 2.05) is 34.6 Å². The van der Waals surface area contributed by atoms with E-state index < -0.39 is 23.0 Å². The Kier molecular flexibility index (Phi) is 4.09. The third-order valence-electron chi connectivity index (χ3n) is 2.03. The quantitative estimate of drug-likeness (QED) is 0.658. The standard InChI is InChI=1S/C10H22N2O2/c1-9(2,3)14-8(13)7(12)10(4,5)6-11/h7H,6,11-12H2,1-5H3. The Morgan fingerprint density at radius 1 is 1.29 bits per heavy atom. The summed E-state index contributed by atoms with van der Waals surface area (Å²) < 4.78 is 5.17. The fourth-order valence-corrected chi connectivity index (χ4v) is 0.811. The lowest BCUT2D eigenvalue weighted by atomic mass is 9.85. The number of nitrogens with two attached hydrogens (primary N) is 2. The van der Waals surface area contributed by atoms with Crippen LogP contribution in [0.4, 0.5) is 0 Å². The monoisotopic (exact) mass is 202 g/mol. The molecule has 1 unspecified atom stereocenters. The first-order valence-electron chi connectivity index (χ1n) is 4.78. The van der Waals surface area contributed by atoms with Gasteiger partial charge in [0.1, 0.15) is 11.6 Å². The minimum atomic E-state index is -0.674. The molecule has 84 valence electrons. The lowest BCUT2D eigenvalue weighted by molar-refractivity contribution is -0.159. The molecule has 4 heteroatoms. The van der Waals surface area contributed by atoms with Crippen LogP contribution in [0.15, 0.2) is 0 Å². The Balaban J connectivity index is 4.41. The fraction of sp³-hybridized carbons (Fsp3) is 0.900. The Morgan fingerprint density at radius 3 is 2.00 bits per heavy atom. The molecule has 0 amide bonds. The highest BCUT2D eigenvalue weighted by Crippen LogP contribution is 2.20. The molecular formula is C10H22N2O2. The van der Waals surface area contributed by atoms with Crippen molar-refractivity contribution < 1.29 is 9.53 Å². The summed E-state index contributed by atoms with van der Waals surface area (Å²) >= 11 is 0. The maximum atomic E-state index is 11.6. The minimum Gasteiger partial charge on any atom is -0.459 e. The second-order valence-corrected chi connectivity index (χ2v) is 5.20. The molecule has 0 radical (unpaired) electrons. The van der Waals surface area contributed by atoms with E-state index in [-0.39, 0.29) is 0 Å². The summed E-state index contributed by atoms with van der Waals surface area (Å²) in [6, 6.07) is -0.674. The van der Waals surface area contributed by atoms with Crippen molar-refractivity contribution in [1.29, 1.82) is 0 Å². The number of carbonyl (C=O) groups is 1. The lowest BCUT2D eigenvalue weighted by Gasteiger charge is -2.31. The number of hydrogen-bond acceptors (Lipinski definition) is 4. The van der Waals surface area contributed by atoms with Gasteiger partial charge in [0.25, 0.3) is 0 Å². The van der Waals surface area contributed by atoms with E-state index in [4.69, 9.17) is 16.2 Å². The Morgan fingerprint density at radius 2 is 1.71 bits per heavy atom. The van der Waals surface area contributed by atoms with Gasteiger partial charge in [0.05, 0.1) is 0 Å². The third kappa shape index (κ3) is 4.07. The highest BCUT2D eigenvalue weighted by Gasteiger charge is 2.33. The van der Waals surface area contributed by atoms with Gasteiger partial charge in [-0.25, -0.2) is 0 Å². The van der Waals surface area contributed by atoms with Crippen molar-refractivity contribution in [2.24, 2.45) is 16.9 Å². The molecule has 0 aliphatic carbocycles. The molecule has 0 bridgehead atoms. The van der Waals surface area contributed by atoms with Gasteiger partial charge in [0.15, 0.2) is 0 Å². The summed E-state index contributed by atoms with van der Waals surface area (Å²) in [6.45, 7) is 9.49. The normalized spacial score (nSPS) is 15.1. The fourth-order valence-electron chi connectivity index (χ4n) is 0.811. The van der Waals surface area contributed by atoms with E-state index in [0.29, 0.717) is 6.54 Å². The van der Waals surface area contributed by atoms with Crippen molar-refractivity contribution in [3.05, 3.63) is 0 Å². The van der Waals surface area contributed by atoms with Gasteiger partial charge in [0, 0.05) is 5.41 Å². The average Bonchev–Trinajstić information content (AvgIpc) is 2.00. The Hall–Kier alpha value is -0.610. The first kappa shape index (κ1) is 13.4. The number of esters is 1. The van der Waals surface area contributed by atoms with E-state index >= 15 is 0 Å². The van der Waals surface area contributed by atoms with E-state index in [9.17, 15) is 4.79 Å². The van der Waals surface area contributed by atoms with E-state index in [2.05, 4.69) is 0 Å². The van der Waals surface area contributed by atoms with Crippen LogP contribution in [0.25, 0.3) is 0 Å². The van der Waals surface area contributed by atoms with Gasteiger partial charge >= 0.3 is 5.97 Å². The predicted octanol–water partition coefficient (Wildman–Crippen LogP) is 0.640. The third-order valence-corrected chi connectivity index (χ3v) is 2.03. The molecule has 0 fully saturated rings. The molecule has 0 aromatic heterocycles. The van der Waals surface area contributed by atoms with Crippen LogP contribution in [0.5, 0.6) is 0 Å². The largest absolute Gasteiger partial charge is 0.459 e. The Labute approximate surface area is 86.0 Å². The molecule has 0 heterocycles. The summed E-state index contributed by atoms with van der Waals surface area (Å²) in [7, 11) is 0. The van der Waals surface area contributed by atoms with Gasteiger partial charge < -0.3 is 16.2 Å². The summed E-state index contributed by atoms with van der Waals surface area (Å²) in [6.07, 6.45) is 0. The summed E-state index contributed by atoms with van der Waals surface area (Å²) in [5.74, 6) is -0.395. The zero-order valence-electron chi connectivity index (χ0n) is 9.76. The molecule has 0 saturated carbocycles. The lowest BCUT2D eigenvalue weighted by Crippen LogP contribution is -2.50. The summed E-state index contributed by atoms with van der Waals surface area (Å²) in [5.41, 5.74) is 10.4. The number of carbonyl (C=O) groups excluding carboxylic acids is 1. The molecule has 4 N–H and O–H groups in total. The van der Waals surface area contributed by atoms with Crippen LogP contribution in [0.1, 0.15) is 34.6 Å². The van der Waals surface area contributed by atoms with Crippen molar-refractivity contribution in [1.82, 2.24) is 0 Å². The van der Waals surface area contributed by atoms with Crippen molar-refractivity contribution in [3.8, 4) is 0 Å². The molecule has 0 aliphatic heterocycles. The Bertz CT molecular complexity index is 207. The van der Waals surface area contributed by atoms with Crippen molar-refractivity contribution in [3.63, 3.8) is 0 Å². The SMILES string of the molecule is CC(C)(C)OC(=O)C(N)C(C)(C)CN. The zero-order chi connectivity index (χ0) is 11.6. The van der Waals surface area contributed by atoms with Gasteiger partial charge in [0.2, 0.25) is 0 Å². The van der Waals surface area contributed by atoms with E-state index in [1.165, 1.54) is 0 Å². The second-order valence-electron chi connectivity index (χ2n) is 5.20. The van der Waals surface area contributed by atoms with Crippen LogP contribution in [0.2, 0.25) is 0 Å². The van der Waals surface area contributed by atoms with E-state index in [0.717, 1.165) is 0 Å². The van der Waals surface area contributed by atoms with Crippen LogP contribution >= 0.6 is 0 Å². The maximum Gasteiger partial charge on any atom is 0.324 e. The van der Waals surface area contributed by atoms with Crippen LogP contribution in [0.3, 0.4) is 0 Å². The van der Waals surface area contributed by atoms with Crippen molar-refractivity contribution >= 4 is 5.97 Å². The average molecular weight is 202 g/mol. The predicted molar refractivity (Wildman–Crippen MR) is 56.7 cm³/mol. The molecule has 0 aliphatic rings. The maximum absolute atomic E-state index is 11.6. The summed E-state index contributed by atoms with van der Waals surface area (Å²) in [4.78, 5) is 11.6. The zero-order valence-corrected chi connectivity index (χ0v) is 9.76. The summed E-state index contributed by atoms with van der Waals surface area (Å²) in [5, 5.41) is 0. The van der Waals surface area contributed by atoms with Gasteiger partial charge in [-0.3, -0.25) is 4.79 Å². The van der Waals surface area contributed by atoms with Crippen LogP contribution < -0.4 is 11.5 Å². The van der Waals surface area contributed by atoms with Gasteiger partial charge in [-0.1, -0.05) is 13.8 Å². The first-order valence-corrected chi connectivity index (χ1v) is 4.78.